The normalized spacial score (nSPS) is 21.7. The van der Waals surface area contributed by atoms with Crippen LogP contribution in [0.4, 0.5) is 0 Å². The fourth-order valence-electron chi connectivity index (χ4n) is 6.32. The Morgan fingerprint density at radius 1 is 1.13 bits per heavy atom. The summed E-state index contributed by atoms with van der Waals surface area (Å²) in [5, 5.41) is 11.2. The highest BCUT2D eigenvalue weighted by Gasteiger charge is 2.57. The van der Waals surface area contributed by atoms with Crippen molar-refractivity contribution >= 4 is 34.2 Å². The molecule has 39 heavy (non-hydrogen) atoms. The van der Waals surface area contributed by atoms with Gasteiger partial charge in [0.05, 0.1) is 23.4 Å². The highest BCUT2D eigenvalue weighted by molar-refractivity contribution is 6.08. The van der Waals surface area contributed by atoms with Gasteiger partial charge in [0.25, 0.3) is 11.8 Å². The second kappa shape index (κ2) is 8.33. The number of rotatable bonds is 6. The fourth-order valence-corrected chi connectivity index (χ4v) is 6.32. The Balaban J connectivity index is 1.13. The summed E-state index contributed by atoms with van der Waals surface area (Å²) >= 11 is 0. The van der Waals surface area contributed by atoms with Crippen LogP contribution in [0.5, 0.6) is 11.5 Å². The number of aromatic nitrogens is 2. The Labute approximate surface area is 224 Å². The number of likely N-dealkylation sites (tertiary alicyclic amines) is 1. The molecule has 4 aromatic rings. The van der Waals surface area contributed by atoms with E-state index in [4.69, 9.17) is 9.15 Å². The van der Waals surface area contributed by atoms with Gasteiger partial charge in [-0.3, -0.25) is 14.4 Å². The number of ether oxygens (including phenoxy) is 1. The van der Waals surface area contributed by atoms with Gasteiger partial charge in [-0.15, -0.1) is 0 Å². The van der Waals surface area contributed by atoms with Crippen molar-refractivity contribution in [3.8, 4) is 11.5 Å². The number of aryl methyl sites for hydroxylation is 2. The fraction of sp³-hybridized carbons (Fsp3) is 0.379. The molecule has 10 nitrogen and oxygen atoms in total. The zero-order chi connectivity index (χ0) is 27.1. The Morgan fingerprint density at radius 2 is 1.90 bits per heavy atom. The van der Waals surface area contributed by atoms with Crippen LogP contribution in [0, 0.1) is 19.8 Å². The maximum absolute atomic E-state index is 13.2. The standard InChI is InChI=1S/C29H29N5O5/c1-15-22(28(37)33-12-19(13-33)31-17(3)35)14-34-26(15)23(6-7-30-34)39-20-4-5-21-24(8-20)38-16(2)25(21)27(36)32-29-9-18(10-29)11-29/h4-8,14,18-19H,9-13H2,1-3H3,(H,31,35)(H,32,36). The molecule has 0 unspecified atom stereocenters. The van der Waals surface area contributed by atoms with Gasteiger partial charge in [0.15, 0.2) is 5.75 Å². The Kier molecular flexibility index (Phi) is 5.07. The van der Waals surface area contributed by atoms with Crippen LogP contribution in [0.15, 0.2) is 41.1 Å². The first-order valence-corrected chi connectivity index (χ1v) is 13.3. The Hall–Kier alpha value is -4.34. The smallest absolute Gasteiger partial charge is 0.255 e. The highest BCUT2D eigenvalue weighted by Crippen LogP contribution is 2.57. The maximum Gasteiger partial charge on any atom is 0.255 e. The van der Waals surface area contributed by atoms with Crippen molar-refractivity contribution in [1.29, 1.82) is 0 Å². The molecule has 1 saturated heterocycles. The monoisotopic (exact) mass is 527 g/mol. The number of nitrogens with one attached hydrogen (secondary N) is 2. The number of hydrogen-bond acceptors (Lipinski definition) is 6. The molecule has 3 aromatic heterocycles. The van der Waals surface area contributed by atoms with Crippen molar-refractivity contribution < 1.29 is 23.5 Å². The van der Waals surface area contributed by atoms with Crippen LogP contribution >= 0.6 is 0 Å². The number of carbonyl (C=O) groups is 3. The minimum Gasteiger partial charge on any atom is -0.460 e. The SMILES string of the molecule is CC(=O)NC1CN(C(=O)c2cn3nccc(Oc4ccc5c(C(=O)NC67CC(C6)C7)c(C)oc5c4)c3c2C)C1. The van der Waals surface area contributed by atoms with Crippen molar-refractivity contribution in [3.05, 3.63) is 59.1 Å². The molecule has 3 amide bonds. The zero-order valence-corrected chi connectivity index (χ0v) is 22.0. The third-order valence-electron chi connectivity index (χ3n) is 8.41. The van der Waals surface area contributed by atoms with Crippen LogP contribution < -0.4 is 15.4 Å². The van der Waals surface area contributed by atoms with Crippen molar-refractivity contribution in [2.75, 3.05) is 13.1 Å². The van der Waals surface area contributed by atoms with Crippen molar-refractivity contribution in [2.45, 2.75) is 51.6 Å². The number of amides is 3. The lowest BCUT2D eigenvalue weighted by Crippen LogP contribution is -2.68. The van der Waals surface area contributed by atoms with E-state index in [9.17, 15) is 14.4 Å². The van der Waals surface area contributed by atoms with E-state index in [-0.39, 0.29) is 29.3 Å². The van der Waals surface area contributed by atoms with Crippen LogP contribution in [-0.4, -0.2) is 56.9 Å². The second-order valence-corrected chi connectivity index (χ2v) is 11.3. The molecule has 0 spiro atoms. The summed E-state index contributed by atoms with van der Waals surface area (Å²) < 4.78 is 13.9. The van der Waals surface area contributed by atoms with Crippen LogP contribution in [0.1, 0.15) is 58.2 Å². The van der Waals surface area contributed by atoms with Crippen LogP contribution in [0.2, 0.25) is 0 Å². The lowest BCUT2D eigenvalue weighted by atomic mass is 9.50. The van der Waals surface area contributed by atoms with Gasteiger partial charge in [0, 0.05) is 49.3 Å². The van der Waals surface area contributed by atoms with Crippen molar-refractivity contribution in [1.82, 2.24) is 25.1 Å². The number of nitrogens with zero attached hydrogens (tertiary/aromatic N) is 3. The quantitative estimate of drug-likeness (QED) is 0.395. The summed E-state index contributed by atoms with van der Waals surface area (Å²) in [5.41, 5.74) is 3.13. The largest absolute Gasteiger partial charge is 0.460 e. The van der Waals surface area contributed by atoms with Gasteiger partial charge in [-0.2, -0.15) is 5.10 Å². The molecule has 4 aliphatic rings. The molecule has 10 heteroatoms. The summed E-state index contributed by atoms with van der Waals surface area (Å²) in [6.45, 7) is 6.11. The molecule has 4 fully saturated rings. The second-order valence-electron chi connectivity index (χ2n) is 11.3. The lowest BCUT2D eigenvalue weighted by Gasteiger charge is -2.61. The maximum atomic E-state index is 13.2. The lowest BCUT2D eigenvalue weighted by molar-refractivity contribution is -0.120. The van der Waals surface area contributed by atoms with Gasteiger partial charge >= 0.3 is 0 Å². The molecule has 3 aliphatic carbocycles. The van der Waals surface area contributed by atoms with E-state index in [1.54, 1.807) is 33.9 Å². The van der Waals surface area contributed by atoms with Gasteiger partial charge in [0.2, 0.25) is 5.91 Å². The molecule has 8 rings (SSSR count). The van der Waals surface area contributed by atoms with E-state index < -0.39 is 0 Å². The number of carbonyl (C=O) groups excluding carboxylic acids is 3. The zero-order valence-electron chi connectivity index (χ0n) is 22.0. The van der Waals surface area contributed by atoms with Gasteiger partial charge in [0.1, 0.15) is 22.6 Å². The van der Waals surface area contributed by atoms with Gasteiger partial charge in [-0.1, -0.05) is 0 Å². The molecule has 1 aliphatic heterocycles. The predicted molar refractivity (Wildman–Crippen MR) is 142 cm³/mol. The highest BCUT2D eigenvalue weighted by atomic mass is 16.5. The Morgan fingerprint density at radius 3 is 2.59 bits per heavy atom. The van der Waals surface area contributed by atoms with Crippen LogP contribution in [0.25, 0.3) is 16.5 Å². The van der Waals surface area contributed by atoms with Crippen LogP contribution in [0.3, 0.4) is 0 Å². The van der Waals surface area contributed by atoms with E-state index in [1.807, 2.05) is 26.0 Å². The molecule has 0 atom stereocenters. The first-order chi connectivity index (χ1) is 18.7. The molecule has 1 aromatic carbocycles. The summed E-state index contributed by atoms with van der Waals surface area (Å²) in [6, 6.07) is 7.19. The molecular formula is C29H29N5O5. The summed E-state index contributed by atoms with van der Waals surface area (Å²) in [4.78, 5) is 39.2. The summed E-state index contributed by atoms with van der Waals surface area (Å²) in [7, 11) is 0. The minimum atomic E-state index is -0.109. The van der Waals surface area contributed by atoms with Crippen molar-refractivity contribution in [2.24, 2.45) is 5.92 Å². The molecule has 2 N–H and O–H groups in total. The topological polar surface area (TPSA) is 118 Å². The van der Waals surface area contributed by atoms with Crippen molar-refractivity contribution in [3.63, 3.8) is 0 Å². The van der Waals surface area contributed by atoms with E-state index >= 15 is 0 Å². The summed E-state index contributed by atoms with van der Waals surface area (Å²) in [6.07, 6.45) is 6.56. The van der Waals surface area contributed by atoms with E-state index in [0.29, 0.717) is 52.6 Å². The van der Waals surface area contributed by atoms with E-state index in [2.05, 4.69) is 15.7 Å². The molecule has 3 saturated carbocycles. The predicted octanol–water partition coefficient (Wildman–Crippen LogP) is 3.73. The molecule has 4 heterocycles. The Bertz CT molecular complexity index is 1680. The third-order valence-corrected chi connectivity index (χ3v) is 8.41. The summed E-state index contributed by atoms with van der Waals surface area (Å²) in [5.74, 6) is 2.16. The number of hydrogen-bond donors (Lipinski definition) is 2. The van der Waals surface area contributed by atoms with Gasteiger partial charge in [-0.25, -0.2) is 4.52 Å². The first kappa shape index (κ1) is 23.8. The minimum absolute atomic E-state index is 0.00828. The average molecular weight is 528 g/mol. The third kappa shape index (κ3) is 3.77. The van der Waals surface area contributed by atoms with Crippen LogP contribution in [-0.2, 0) is 4.79 Å². The number of fused-ring (bicyclic) bond motifs is 2. The molecule has 200 valence electrons. The van der Waals surface area contributed by atoms with E-state index in [0.717, 1.165) is 36.1 Å². The first-order valence-electron chi connectivity index (χ1n) is 13.3. The molecule has 0 radical (unpaired) electrons. The molecule has 2 bridgehead atoms. The molecular weight excluding hydrogens is 498 g/mol. The number of benzene rings is 1. The van der Waals surface area contributed by atoms with Gasteiger partial charge < -0.3 is 24.7 Å². The van der Waals surface area contributed by atoms with E-state index in [1.165, 1.54) is 6.92 Å². The van der Waals surface area contributed by atoms with Gasteiger partial charge in [-0.05, 0) is 56.7 Å². The average Bonchev–Trinajstić information content (AvgIpc) is 3.33. The number of furan rings is 1.